The second-order valence-corrected chi connectivity index (χ2v) is 7.05. The Morgan fingerprint density at radius 3 is 2.58 bits per heavy atom. The number of nitro benzene ring substituents is 2. The normalized spacial score (nSPS) is 10.7. The van der Waals surface area contributed by atoms with E-state index in [1.54, 1.807) is 30.3 Å². The summed E-state index contributed by atoms with van der Waals surface area (Å²) in [5.41, 5.74) is -1.31. The van der Waals surface area contributed by atoms with Gasteiger partial charge in [-0.25, -0.2) is 9.78 Å². The van der Waals surface area contributed by atoms with Gasteiger partial charge in [0.1, 0.15) is 11.1 Å². The fourth-order valence-electron chi connectivity index (χ4n) is 2.84. The number of fused-ring (bicyclic) bond motifs is 1. The lowest BCUT2D eigenvalue weighted by Gasteiger charge is -2.03. The van der Waals surface area contributed by atoms with Gasteiger partial charge in [0.05, 0.1) is 27.2 Å². The monoisotopic (exact) mass is 438 g/mol. The van der Waals surface area contributed by atoms with Crippen molar-refractivity contribution in [3.63, 3.8) is 0 Å². The minimum Gasteiger partial charge on any atom is -0.422 e. The second kappa shape index (κ2) is 7.76. The van der Waals surface area contributed by atoms with Gasteiger partial charge in [-0.2, -0.15) is 0 Å². The first-order valence-corrected chi connectivity index (χ1v) is 9.44. The molecule has 0 radical (unpaired) electrons. The number of non-ortho nitro benzene ring substituents is 1. The largest absolute Gasteiger partial charge is 0.422 e. The quantitative estimate of drug-likeness (QED) is 0.278. The Balaban J connectivity index is 1.64. The number of nitrogens with zero attached hydrogens (tertiary/aromatic N) is 3. The van der Waals surface area contributed by atoms with E-state index >= 15 is 0 Å². The molecule has 31 heavy (non-hydrogen) atoms. The topological polar surface area (TPSA) is 158 Å². The van der Waals surface area contributed by atoms with Gasteiger partial charge in [0, 0.05) is 16.8 Å². The highest BCUT2D eigenvalue weighted by molar-refractivity contribution is 7.14. The summed E-state index contributed by atoms with van der Waals surface area (Å²) in [6.45, 7) is 0. The summed E-state index contributed by atoms with van der Waals surface area (Å²) >= 11 is 1.00. The van der Waals surface area contributed by atoms with Gasteiger partial charge in [-0.3, -0.25) is 30.3 Å². The van der Waals surface area contributed by atoms with Crippen LogP contribution in [-0.4, -0.2) is 20.7 Å². The standard InChI is InChI=1S/C19H10N4O7S/c24-17(12-6-5-11(22(26)27)8-15(12)23(28)29)21-19-20-14(9-31-19)13-7-10-3-1-2-4-16(10)30-18(13)25/h1-9H,(H,20,21,24). The molecule has 1 N–H and O–H groups in total. The van der Waals surface area contributed by atoms with Crippen LogP contribution in [0, 0.1) is 20.2 Å². The number of para-hydroxylation sites is 1. The van der Waals surface area contributed by atoms with Crippen molar-refractivity contribution in [2.45, 2.75) is 0 Å². The maximum absolute atomic E-state index is 12.5. The molecule has 0 aliphatic rings. The van der Waals surface area contributed by atoms with E-state index in [9.17, 15) is 29.8 Å². The average Bonchev–Trinajstić information content (AvgIpc) is 3.20. The molecule has 0 saturated heterocycles. The average molecular weight is 438 g/mol. The molecule has 4 aromatic rings. The number of nitro groups is 2. The zero-order chi connectivity index (χ0) is 22.1. The number of benzene rings is 2. The molecule has 0 unspecified atom stereocenters. The van der Waals surface area contributed by atoms with Crippen LogP contribution >= 0.6 is 11.3 Å². The molecule has 0 aliphatic heterocycles. The minimum absolute atomic E-state index is 0.0835. The van der Waals surface area contributed by atoms with E-state index in [-0.39, 0.29) is 22.0 Å². The van der Waals surface area contributed by atoms with Crippen molar-refractivity contribution in [2.75, 3.05) is 5.32 Å². The first kappa shape index (κ1) is 19.8. The van der Waals surface area contributed by atoms with Crippen LogP contribution in [0.25, 0.3) is 22.2 Å². The zero-order valence-electron chi connectivity index (χ0n) is 15.3. The van der Waals surface area contributed by atoms with E-state index in [1.165, 1.54) is 5.38 Å². The third-order valence-electron chi connectivity index (χ3n) is 4.28. The van der Waals surface area contributed by atoms with Gasteiger partial charge in [-0.15, -0.1) is 11.3 Å². The first-order valence-electron chi connectivity index (χ1n) is 8.56. The maximum Gasteiger partial charge on any atom is 0.345 e. The molecule has 2 heterocycles. The van der Waals surface area contributed by atoms with Crippen LogP contribution in [0.1, 0.15) is 10.4 Å². The van der Waals surface area contributed by atoms with Crippen molar-refractivity contribution in [3.8, 4) is 11.3 Å². The van der Waals surface area contributed by atoms with Crippen molar-refractivity contribution >= 4 is 44.7 Å². The number of amides is 1. The number of hydrogen-bond donors (Lipinski definition) is 1. The molecule has 11 nitrogen and oxygen atoms in total. The van der Waals surface area contributed by atoms with Crippen LogP contribution in [0.5, 0.6) is 0 Å². The van der Waals surface area contributed by atoms with Crippen LogP contribution in [0.2, 0.25) is 0 Å². The van der Waals surface area contributed by atoms with Crippen LogP contribution in [0.3, 0.4) is 0 Å². The summed E-state index contributed by atoms with van der Waals surface area (Å²) in [4.78, 5) is 49.4. The Labute approximate surface area is 175 Å². The van der Waals surface area contributed by atoms with Gasteiger partial charge < -0.3 is 4.42 Å². The number of rotatable bonds is 5. The Morgan fingerprint density at radius 2 is 1.84 bits per heavy atom. The molecule has 12 heteroatoms. The van der Waals surface area contributed by atoms with Crippen LogP contribution in [-0.2, 0) is 0 Å². The molecule has 0 bridgehead atoms. The SMILES string of the molecule is O=C(Nc1nc(-c2cc3ccccc3oc2=O)cs1)c1ccc([N+](=O)[O-])cc1[N+](=O)[O-]. The summed E-state index contributed by atoms with van der Waals surface area (Å²) < 4.78 is 5.27. The van der Waals surface area contributed by atoms with E-state index in [2.05, 4.69) is 10.3 Å². The lowest BCUT2D eigenvalue weighted by atomic mass is 10.1. The summed E-state index contributed by atoms with van der Waals surface area (Å²) in [6.07, 6.45) is 0. The Morgan fingerprint density at radius 1 is 1.06 bits per heavy atom. The van der Waals surface area contributed by atoms with Crippen LogP contribution < -0.4 is 10.9 Å². The molecular formula is C19H10N4O7S. The second-order valence-electron chi connectivity index (χ2n) is 6.19. The number of nitrogens with one attached hydrogen (secondary N) is 1. The molecule has 0 aliphatic carbocycles. The highest BCUT2D eigenvalue weighted by Crippen LogP contribution is 2.28. The van der Waals surface area contributed by atoms with Crippen LogP contribution in [0.4, 0.5) is 16.5 Å². The molecule has 1 amide bonds. The van der Waals surface area contributed by atoms with Gasteiger partial charge in [0.25, 0.3) is 17.3 Å². The fourth-order valence-corrected chi connectivity index (χ4v) is 3.54. The molecule has 0 saturated carbocycles. The maximum atomic E-state index is 12.5. The molecule has 0 atom stereocenters. The van der Waals surface area contributed by atoms with Gasteiger partial charge in [0.2, 0.25) is 0 Å². The summed E-state index contributed by atoms with van der Waals surface area (Å²) in [5.74, 6) is -0.868. The third kappa shape index (κ3) is 3.86. The number of thiazole rings is 1. The number of hydrogen-bond acceptors (Lipinski definition) is 9. The van der Waals surface area contributed by atoms with Crippen molar-refractivity contribution in [1.29, 1.82) is 0 Å². The Bertz CT molecular complexity index is 1430. The van der Waals surface area contributed by atoms with E-state index in [0.717, 1.165) is 23.5 Å². The molecule has 4 rings (SSSR count). The van der Waals surface area contributed by atoms with Gasteiger partial charge in [-0.1, -0.05) is 18.2 Å². The zero-order valence-corrected chi connectivity index (χ0v) is 16.1. The van der Waals surface area contributed by atoms with Gasteiger partial charge in [0.15, 0.2) is 5.13 Å². The lowest BCUT2D eigenvalue weighted by Crippen LogP contribution is -2.14. The highest BCUT2D eigenvalue weighted by Gasteiger charge is 2.25. The predicted molar refractivity (Wildman–Crippen MR) is 111 cm³/mol. The van der Waals surface area contributed by atoms with Crippen molar-refractivity contribution in [2.24, 2.45) is 0 Å². The smallest absolute Gasteiger partial charge is 0.345 e. The molecule has 0 spiro atoms. The molecule has 0 fully saturated rings. The van der Waals surface area contributed by atoms with Crippen molar-refractivity contribution < 1.29 is 19.1 Å². The lowest BCUT2D eigenvalue weighted by molar-refractivity contribution is -0.394. The minimum atomic E-state index is -0.879. The number of carbonyl (C=O) groups is 1. The summed E-state index contributed by atoms with van der Waals surface area (Å²) in [6, 6.07) is 11.3. The van der Waals surface area contributed by atoms with Crippen molar-refractivity contribution in [1.82, 2.24) is 4.98 Å². The summed E-state index contributed by atoms with van der Waals surface area (Å²) in [7, 11) is 0. The Hall–Kier alpha value is -4.45. The van der Waals surface area contributed by atoms with Crippen LogP contribution in [0.15, 0.2) is 63.1 Å². The number of anilines is 1. The fraction of sp³-hybridized carbons (Fsp3) is 0. The van der Waals surface area contributed by atoms with E-state index in [1.807, 2.05) is 0 Å². The van der Waals surface area contributed by atoms with Gasteiger partial charge >= 0.3 is 5.63 Å². The molecule has 2 aromatic carbocycles. The van der Waals surface area contributed by atoms with Gasteiger partial charge in [-0.05, 0) is 18.2 Å². The highest BCUT2D eigenvalue weighted by atomic mass is 32.1. The molecule has 2 aromatic heterocycles. The predicted octanol–water partition coefficient (Wildman–Crippen LogP) is 3.99. The van der Waals surface area contributed by atoms with E-state index < -0.39 is 32.8 Å². The molecular weight excluding hydrogens is 428 g/mol. The van der Waals surface area contributed by atoms with E-state index in [0.29, 0.717) is 17.0 Å². The molecule has 154 valence electrons. The summed E-state index contributed by atoms with van der Waals surface area (Å²) in [5, 5.41) is 26.8. The van der Waals surface area contributed by atoms with Crippen molar-refractivity contribution in [3.05, 3.63) is 90.1 Å². The number of carbonyl (C=O) groups excluding carboxylic acids is 1. The third-order valence-corrected chi connectivity index (χ3v) is 5.03. The van der Waals surface area contributed by atoms with E-state index in [4.69, 9.17) is 4.42 Å². The first-order chi connectivity index (χ1) is 14.8. The number of aromatic nitrogens is 1. The Kier molecular flexibility index (Phi) is 4.97.